The molecule has 1 aliphatic rings. The van der Waals surface area contributed by atoms with Crippen LogP contribution in [-0.4, -0.2) is 55.5 Å². The lowest BCUT2D eigenvalue weighted by molar-refractivity contribution is -0.304. The molecule has 0 spiro atoms. The fraction of sp³-hybridized carbons (Fsp3) is 0.321. The van der Waals surface area contributed by atoms with Crippen LogP contribution in [0.25, 0.3) is 0 Å². The van der Waals surface area contributed by atoms with Crippen LogP contribution in [0.15, 0.2) is 91.0 Å². The van der Waals surface area contributed by atoms with Gasteiger partial charge in [-0.15, -0.1) is 0 Å². The molecule has 4 rings (SSSR count). The van der Waals surface area contributed by atoms with Gasteiger partial charge in [-0.1, -0.05) is 78.9 Å². The molecule has 1 heterocycles. The number of hydrogen-bond donors (Lipinski definition) is 1. The molecule has 7 heteroatoms. The molecule has 1 N–H and O–H groups in total. The van der Waals surface area contributed by atoms with Gasteiger partial charge in [0, 0.05) is 7.11 Å². The Morgan fingerprint density at radius 2 is 1.40 bits per heavy atom. The number of carbonyl (C=O) groups is 1. The third-order valence-electron chi connectivity index (χ3n) is 5.78. The van der Waals surface area contributed by atoms with E-state index < -0.39 is 36.7 Å². The van der Waals surface area contributed by atoms with Crippen LogP contribution in [0.2, 0.25) is 0 Å². The highest BCUT2D eigenvalue weighted by molar-refractivity contribution is 5.89. The second-order valence-electron chi connectivity index (χ2n) is 8.27. The lowest BCUT2D eigenvalue weighted by Crippen LogP contribution is -2.61. The van der Waals surface area contributed by atoms with Crippen molar-refractivity contribution in [2.45, 2.75) is 43.9 Å². The van der Waals surface area contributed by atoms with E-state index in [9.17, 15) is 9.90 Å². The van der Waals surface area contributed by atoms with E-state index in [0.29, 0.717) is 12.2 Å². The Kier molecular flexibility index (Phi) is 9.00. The number of rotatable bonds is 10. The molecule has 35 heavy (non-hydrogen) atoms. The molecular weight excluding hydrogens is 448 g/mol. The first-order valence-corrected chi connectivity index (χ1v) is 11.5. The lowest BCUT2D eigenvalue weighted by Gasteiger charge is -2.43. The van der Waals surface area contributed by atoms with Gasteiger partial charge in [0.05, 0.1) is 25.4 Å². The van der Waals surface area contributed by atoms with E-state index in [2.05, 4.69) is 0 Å². The standard InChI is InChI=1S/C28H30O7/c1-31-28-26(35-27(30)22-15-9-4-10-16-22)25(33-18-21-13-7-3-8-14-21)24(29)23(34-28)19-32-17-20-11-5-2-6-12-20/h2-16,23-26,28-29H,17-19H2,1H3/t23?,24-,25?,26?,28-/m1/s1. The Bertz CT molecular complexity index is 1030. The van der Waals surface area contributed by atoms with Crippen molar-refractivity contribution >= 4 is 5.97 Å². The minimum absolute atomic E-state index is 0.112. The van der Waals surface area contributed by atoms with Gasteiger partial charge in [0.2, 0.25) is 0 Å². The zero-order valence-corrected chi connectivity index (χ0v) is 19.6. The number of benzene rings is 3. The third-order valence-corrected chi connectivity index (χ3v) is 5.78. The van der Waals surface area contributed by atoms with E-state index in [4.69, 9.17) is 23.7 Å². The summed E-state index contributed by atoms with van der Waals surface area (Å²) >= 11 is 0. The topological polar surface area (TPSA) is 83.5 Å². The normalized spacial score (nSPS) is 24.1. The molecule has 1 saturated heterocycles. The zero-order valence-electron chi connectivity index (χ0n) is 19.6. The van der Waals surface area contributed by atoms with Gasteiger partial charge in [-0.25, -0.2) is 4.79 Å². The van der Waals surface area contributed by atoms with Crippen LogP contribution in [0.4, 0.5) is 0 Å². The highest BCUT2D eigenvalue weighted by atomic mass is 16.7. The number of carbonyl (C=O) groups excluding carboxylic acids is 1. The molecule has 184 valence electrons. The summed E-state index contributed by atoms with van der Waals surface area (Å²) in [6.45, 7) is 0.698. The fourth-order valence-electron chi connectivity index (χ4n) is 3.93. The second-order valence-corrected chi connectivity index (χ2v) is 8.27. The van der Waals surface area contributed by atoms with E-state index in [1.807, 2.05) is 66.7 Å². The minimum Gasteiger partial charge on any atom is -0.450 e. The summed E-state index contributed by atoms with van der Waals surface area (Å²) in [5.41, 5.74) is 2.31. The van der Waals surface area contributed by atoms with Gasteiger partial charge < -0.3 is 28.8 Å². The van der Waals surface area contributed by atoms with Crippen LogP contribution in [-0.2, 0) is 36.9 Å². The van der Waals surface area contributed by atoms with Crippen LogP contribution >= 0.6 is 0 Å². The molecule has 7 nitrogen and oxygen atoms in total. The van der Waals surface area contributed by atoms with Crippen molar-refractivity contribution < 1.29 is 33.6 Å². The summed E-state index contributed by atoms with van der Waals surface area (Å²) in [5, 5.41) is 11.2. The number of esters is 1. The number of hydrogen-bond acceptors (Lipinski definition) is 7. The lowest BCUT2D eigenvalue weighted by atomic mass is 9.98. The largest absolute Gasteiger partial charge is 0.450 e. The van der Waals surface area contributed by atoms with Crippen LogP contribution < -0.4 is 0 Å². The zero-order chi connectivity index (χ0) is 24.5. The third kappa shape index (κ3) is 6.75. The first-order chi connectivity index (χ1) is 17.2. The Hall–Kier alpha value is -3.07. The van der Waals surface area contributed by atoms with E-state index in [1.54, 1.807) is 24.3 Å². The van der Waals surface area contributed by atoms with Crippen molar-refractivity contribution in [3.8, 4) is 0 Å². The molecule has 5 atom stereocenters. The SMILES string of the molecule is CO[C@@H]1OC(COCc2ccccc2)[C@@H](O)C(OCc2ccccc2)C1OC(=O)c1ccccc1. The first kappa shape index (κ1) is 25.0. The van der Waals surface area contributed by atoms with Crippen molar-refractivity contribution in [2.24, 2.45) is 0 Å². The molecule has 0 aromatic heterocycles. The highest BCUT2D eigenvalue weighted by Crippen LogP contribution is 2.28. The van der Waals surface area contributed by atoms with E-state index >= 15 is 0 Å². The molecule has 0 bridgehead atoms. The molecule has 1 fully saturated rings. The Labute approximate surface area is 205 Å². The van der Waals surface area contributed by atoms with Gasteiger partial charge in [-0.05, 0) is 23.3 Å². The average molecular weight is 479 g/mol. The van der Waals surface area contributed by atoms with E-state index in [-0.39, 0.29) is 13.2 Å². The maximum atomic E-state index is 12.8. The van der Waals surface area contributed by atoms with Crippen LogP contribution in [0.1, 0.15) is 21.5 Å². The second kappa shape index (κ2) is 12.6. The Morgan fingerprint density at radius 1 is 0.829 bits per heavy atom. The summed E-state index contributed by atoms with van der Waals surface area (Å²) in [5.74, 6) is -0.555. The van der Waals surface area contributed by atoms with E-state index in [1.165, 1.54) is 7.11 Å². The summed E-state index contributed by atoms with van der Waals surface area (Å²) < 4.78 is 29.2. The Balaban J connectivity index is 1.48. The van der Waals surface area contributed by atoms with Crippen LogP contribution in [0, 0.1) is 0 Å². The summed E-state index contributed by atoms with van der Waals surface area (Å²) in [7, 11) is 1.46. The predicted octanol–water partition coefficient (Wildman–Crippen LogP) is 3.75. The summed E-state index contributed by atoms with van der Waals surface area (Å²) in [6, 6.07) is 27.9. The van der Waals surface area contributed by atoms with Crippen molar-refractivity contribution in [1.82, 2.24) is 0 Å². The van der Waals surface area contributed by atoms with E-state index in [0.717, 1.165) is 11.1 Å². The summed E-state index contributed by atoms with van der Waals surface area (Å²) in [6.07, 6.45) is -4.69. The molecule has 0 radical (unpaired) electrons. The van der Waals surface area contributed by atoms with Crippen LogP contribution in [0.5, 0.6) is 0 Å². The molecular formula is C28H30O7. The van der Waals surface area contributed by atoms with Gasteiger partial charge in [0.25, 0.3) is 0 Å². The smallest absolute Gasteiger partial charge is 0.338 e. The van der Waals surface area contributed by atoms with Crippen molar-refractivity contribution in [2.75, 3.05) is 13.7 Å². The van der Waals surface area contributed by atoms with Crippen molar-refractivity contribution in [1.29, 1.82) is 0 Å². The van der Waals surface area contributed by atoms with Gasteiger partial charge in [0.15, 0.2) is 12.4 Å². The number of methoxy groups -OCH3 is 1. The monoisotopic (exact) mass is 478 g/mol. The number of aliphatic hydroxyl groups is 1. The van der Waals surface area contributed by atoms with Gasteiger partial charge in [-0.3, -0.25) is 0 Å². The molecule has 3 aromatic rings. The molecule has 0 aliphatic carbocycles. The quantitative estimate of drug-likeness (QED) is 0.445. The Morgan fingerprint density at radius 3 is 2.00 bits per heavy atom. The maximum absolute atomic E-state index is 12.8. The fourth-order valence-corrected chi connectivity index (χ4v) is 3.93. The van der Waals surface area contributed by atoms with Gasteiger partial charge in [0.1, 0.15) is 18.3 Å². The minimum atomic E-state index is -1.12. The van der Waals surface area contributed by atoms with Crippen molar-refractivity contribution in [3.63, 3.8) is 0 Å². The van der Waals surface area contributed by atoms with Gasteiger partial charge in [-0.2, -0.15) is 0 Å². The van der Waals surface area contributed by atoms with Gasteiger partial charge >= 0.3 is 5.97 Å². The maximum Gasteiger partial charge on any atom is 0.338 e. The first-order valence-electron chi connectivity index (χ1n) is 11.5. The number of ether oxygens (including phenoxy) is 5. The molecule has 0 amide bonds. The van der Waals surface area contributed by atoms with Crippen molar-refractivity contribution in [3.05, 3.63) is 108 Å². The molecule has 1 aliphatic heterocycles. The number of aliphatic hydroxyl groups excluding tert-OH is 1. The summed E-state index contributed by atoms with van der Waals surface area (Å²) in [4.78, 5) is 12.8. The molecule has 0 saturated carbocycles. The predicted molar refractivity (Wildman–Crippen MR) is 128 cm³/mol. The molecule has 3 aromatic carbocycles. The average Bonchev–Trinajstić information content (AvgIpc) is 2.91. The molecule has 3 unspecified atom stereocenters. The highest BCUT2D eigenvalue weighted by Gasteiger charge is 2.48. The van der Waals surface area contributed by atoms with Crippen LogP contribution in [0.3, 0.4) is 0 Å².